The van der Waals surface area contributed by atoms with Crippen molar-refractivity contribution in [2.45, 2.75) is 49.6 Å². The second-order valence-electron chi connectivity index (χ2n) is 7.85. The second-order valence-corrected chi connectivity index (χ2v) is 9.86. The Morgan fingerprint density at radius 2 is 1.69 bits per heavy atom. The molecule has 1 aliphatic rings. The lowest BCUT2D eigenvalue weighted by molar-refractivity contribution is -0.123. The van der Waals surface area contributed by atoms with E-state index in [1.807, 2.05) is 13.0 Å². The van der Waals surface area contributed by atoms with E-state index in [0.717, 1.165) is 38.0 Å². The minimum absolute atomic E-state index is 0.0288. The zero-order valence-electron chi connectivity index (χ0n) is 17.2. The topological polar surface area (TPSA) is 66.5 Å². The predicted octanol–water partition coefficient (Wildman–Crippen LogP) is 3.36. The maximum Gasteiger partial charge on any atom is 0.227 e. The van der Waals surface area contributed by atoms with Gasteiger partial charge >= 0.3 is 0 Å². The van der Waals surface area contributed by atoms with Crippen molar-refractivity contribution in [3.05, 3.63) is 65.7 Å². The minimum atomic E-state index is -3.23. The first-order valence-electron chi connectivity index (χ1n) is 10.2. The molecule has 0 radical (unpaired) electrons. The van der Waals surface area contributed by atoms with E-state index in [1.165, 1.54) is 11.8 Å². The van der Waals surface area contributed by atoms with Gasteiger partial charge in [0.15, 0.2) is 9.84 Å². The largest absolute Gasteiger partial charge is 0.353 e. The van der Waals surface area contributed by atoms with Crippen molar-refractivity contribution in [3.8, 4) is 0 Å². The summed E-state index contributed by atoms with van der Waals surface area (Å²) in [5.41, 5.74) is 2.18. The van der Waals surface area contributed by atoms with Crippen LogP contribution in [0.3, 0.4) is 0 Å². The predicted molar refractivity (Wildman–Crippen MR) is 115 cm³/mol. The summed E-state index contributed by atoms with van der Waals surface area (Å²) in [5, 5.41) is 3.21. The van der Waals surface area contributed by atoms with Crippen LogP contribution in [0, 0.1) is 0 Å². The van der Waals surface area contributed by atoms with Crippen molar-refractivity contribution < 1.29 is 13.2 Å². The molecule has 0 spiro atoms. The van der Waals surface area contributed by atoms with Crippen molar-refractivity contribution >= 4 is 15.7 Å². The summed E-state index contributed by atoms with van der Waals surface area (Å²) in [5.74, 6) is -0.230. The number of likely N-dealkylation sites (tertiary alicyclic amines) is 1. The van der Waals surface area contributed by atoms with E-state index in [0.29, 0.717) is 6.42 Å². The molecule has 1 saturated heterocycles. The lowest BCUT2D eigenvalue weighted by Crippen LogP contribution is -2.45. The maximum atomic E-state index is 12.9. The highest BCUT2D eigenvalue weighted by atomic mass is 32.2. The molecular formula is C23H30N2O3S. The number of piperidine rings is 1. The number of amides is 1. The van der Waals surface area contributed by atoms with Crippen LogP contribution in [0.1, 0.15) is 43.2 Å². The molecule has 1 heterocycles. The Morgan fingerprint density at radius 1 is 1.07 bits per heavy atom. The monoisotopic (exact) mass is 414 g/mol. The van der Waals surface area contributed by atoms with Gasteiger partial charge in [0.05, 0.1) is 10.8 Å². The van der Waals surface area contributed by atoms with Gasteiger partial charge < -0.3 is 5.32 Å². The highest BCUT2D eigenvalue weighted by Gasteiger charge is 2.25. The molecule has 1 fully saturated rings. The molecule has 3 rings (SSSR count). The average Bonchev–Trinajstić information content (AvgIpc) is 2.70. The number of carbonyl (C=O) groups is 1. The lowest BCUT2D eigenvalue weighted by atomic mass is 9.94. The normalized spacial score (nSPS) is 17.0. The van der Waals surface area contributed by atoms with Crippen molar-refractivity contribution in [1.29, 1.82) is 0 Å². The summed E-state index contributed by atoms with van der Waals surface area (Å²) >= 11 is 0. The van der Waals surface area contributed by atoms with Crippen molar-refractivity contribution in [2.75, 3.05) is 19.3 Å². The molecule has 1 aliphatic heterocycles. The molecule has 0 aliphatic carbocycles. The highest BCUT2D eigenvalue weighted by Crippen LogP contribution is 2.23. The van der Waals surface area contributed by atoms with Crippen LogP contribution in [0.25, 0.3) is 0 Å². The Hall–Kier alpha value is -2.18. The molecule has 0 saturated carbocycles. The SMILES string of the molecule is CCC(C(=O)NC1CCN(Cc2ccccc2)CC1)c1ccc(S(C)(=O)=O)cc1. The molecule has 6 heteroatoms. The zero-order chi connectivity index (χ0) is 20.9. The summed E-state index contributed by atoms with van der Waals surface area (Å²) in [4.78, 5) is 15.6. The summed E-state index contributed by atoms with van der Waals surface area (Å²) in [7, 11) is -3.23. The van der Waals surface area contributed by atoms with Gasteiger partial charge in [-0.25, -0.2) is 8.42 Å². The summed E-state index contributed by atoms with van der Waals surface area (Å²) in [6.07, 6.45) is 3.76. The van der Waals surface area contributed by atoms with Gasteiger partial charge in [-0.2, -0.15) is 0 Å². The Balaban J connectivity index is 1.54. The molecule has 1 N–H and O–H groups in total. The van der Waals surface area contributed by atoms with Gasteiger partial charge in [0.25, 0.3) is 0 Å². The van der Waals surface area contributed by atoms with Gasteiger partial charge in [-0.05, 0) is 42.5 Å². The second kappa shape index (κ2) is 9.55. The smallest absolute Gasteiger partial charge is 0.227 e. The number of nitrogens with one attached hydrogen (secondary N) is 1. The third-order valence-electron chi connectivity index (χ3n) is 5.62. The van der Waals surface area contributed by atoms with E-state index < -0.39 is 9.84 Å². The van der Waals surface area contributed by atoms with Crippen LogP contribution in [0.4, 0.5) is 0 Å². The van der Waals surface area contributed by atoms with Crippen molar-refractivity contribution in [1.82, 2.24) is 10.2 Å². The lowest BCUT2D eigenvalue weighted by Gasteiger charge is -2.33. The Bertz CT molecular complexity index is 903. The molecule has 2 aromatic rings. The van der Waals surface area contributed by atoms with Gasteiger partial charge in [-0.15, -0.1) is 0 Å². The fourth-order valence-corrected chi connectivity index (χ4v) is 4.53. The molecular weight excluding hydrogens is 384 g/mol. The third kappa shape index (κ3) is 5.90. The van der Waals surface area contributed by atoms with Crippen LogP contribution in [0.2, 0.25) is 0 Å². The quantitative estimate of drug-likeness (QED) is 0.754. The van der Waals surface area contributed by atoms with E-state index in [-0.39, 0.29) is 22.8 Å². The average molecular weight is 415 g/mol. The van der Waals surface area contributed by atoms with Gasteiger partial charge in [-0.1, -0.05) is 49.4 Å². The first-order valence-corrected chi connectivity index (χ1v) is 12.1. The fourth-order valence-electron chi connectivity index (χ4n) is 3.90. The highest BCUT2D eigenvalue weighted by molar-refractivity contribution is 7.90. The molecule has 5 nitrogen and oxygen atoms in total. The maximum absolute atomic E-state index is 12.9. The first-order chi connectivity index (χ1) is 13.9. The van der Waals surface area contributed by atoms with E-state index >= 15 is 0 Å². The van der Waals surface area contributed by atoms with Crippen LogP contribution in [0.15, 0.2) is 59.5 Å². The molecule has 1 atom stereocenters. The van der Waals surface area contributed by atoms with Crippen LogP contribution in [-0.4, -0.2) is 44.6 Å². The standard InChI is InChI=1S/C23H30N2O3S/c1-3-22(19-9-11-21(12-10-19)29(2,27)28)23(26)24-20-13-15-25(16-14-20)17-18-7-5-4-6-8-18/h4-12,20,22H,3,13-17H2,1-2H3,(H,24,26). The van der Waals surface area contributed by atoms with Crippen molar-refractivity contribution in [3.63, 3.8) is 0 Å². The van der Waals surface area contributed by atoms with Crippen molar-refractivity contribution in [2.24, 2.45) is 0 Å². The van der Waals surface area contributed by atoms with Gasteiger partial charge in [0.2, 0.25) is 5.91 Å². The number of hydrogen-bond donors (Lipinski definition) is 1. The summed E-state index contributed by atoms with van der Waals surface area (Å²) in [6, 6.07) is 17.3. The number of nitrogens with zero attached hydrogens (tertiary/aromatic N) is 1. The first kappa shape index (κ1) is 21.5. The molecule has 0 aromatic heterocycles. The van der Waals surface area contributed by atoms with E-state index in [1.54, 1.807) is 24.3 Å². The Kier molecular flexibility index (Phi) is 7.09. The van der Waals surface area contributed by atoms with Crippen LogP contribution in [-0.2, 0) is 21.2 Å². The molecule has 1 unspecified atom stereocenters. The Morgan fingerprint density at radius 3 is 2.24 bits per heavy atom. The van der Waals surface area contributed by atoms with E-state index in [9.17, 15) is 13.2 Å². The van der Waals surface area contributed by atoms with Gasteiger partial charge in [0, 0.05) is 31.9 Å². The number of rotatable bonds is 7. The summed E-state index contributed by atoms with van der Waals surface area (Å²) < 4.78 is 23.3. The zero-order valence-corrected chi connectivity index (χ0v) is 18.0. The molecule has 1 amide bonds. The van der Waals surface area contributed by atoms with Crippen LogP contribution < -0.4 is 5.32 Å². The number of sulfone groups is 1. The third-order valence-corrected chi connectivity index (χ3v) is 6.75. The molecule has 0 bridgehead atoms. The summed E-state index contributed by atoms with van der Waals surface area (Å²) in [6.45, 7) is 4.88. The van der Waals surface area contributed by atoms with E-state index in [2.05, 4.69) is 34.5 Å². The molecule has 156 valence electrons. The van der Waals surface area contributed by atoms with E-state index in [4.69, 9.17) is 0 Å². The van der Waals surface area contributed by atoms with Gasteiger partial charge in [-0.3, -0.25) is 9.69 Å². The number of carbonyl (C=O) groups excluding carboxylic acids is 1. The van der Waals surface area contributed by atoms with Crippen LogP contribution in [0.5, 0.6) is 0 Å². The van der Waals surface area contributed by atoms with Gasteiger partial charge in [0.1, 0.15) is 0 Å². The minimum Gasteiger partial charge on any atom is -0.353 e. The fraction of sp³-hybridized carbons (Fsp3) is 0.435. The number of benzene rings is 2. The Labute approximate surface area is 174 Å². The number of hydrogen-bond acceptors (Lipinski definition) is 4. The van der Waals surface area contributed by atoms with Crippen LogP contribution >= 0.6 is 0 Å². The molecule has 29 heavy (non-hydrogen) atoms. The molecule has 2 aromatic carbocycles.